The molecule has 12 heteroatoms. The molecule has 0 aliphatic heterocycles. The number of benzene rings is 2. The average molecular weight is 498 g/mol. The Morgan fingerprint density at radius 3 is 2.53 bits per heavy atom. The van der Waals surface area contributed by atoms with E-state index in [1.165, 1.54) is 24.4 Å². The van der Waals surface area contributed by atoms with E-state index in [-0.39, 0.29) is 11.4 Å². The second-order valence-corrected chi connectivity index (χ2v) is 9.21. The molecule has 0 saturated heterocycles. The van der Waals surface area contributed by atoms with Gasteiger partial charge in [-0.2, -0.15) is 5.10 Å². The third-order valence-corrected chi connectivity index (χ3v) is 5.65. The molecule has 0 unspecified atom stereocenters. The fraction of sp³-hybridized carbons (Fsp3) is 0.222. The predicted molar refractivity (Wildman–Crippen MR) is 119 cm³/mol. The SMILES string of the molecule is CN(C)c1ccc(/C=N\NC(=O)CN(c2cccc([N+](=O)[O-])c2)S(C)(=O)=O)cc1Br. The number of amides is 1. The molecule has 0 heterocycles. The van der Waals surface area contributed by atoms with E-state index in [1.54, 1.807) is 0 Å². The smallest absolute Gasteiger partial charge is 0.271 e. The van der Waals surface area contributed by atoms with Gasteiger partial charge in [0.05, 0.1) is 28.8 Å². The van der Waals surface area contributed by atoms with Crippen molar-refractivity contribution in [2.45, 2.75) is 0 Å². The summed E-state index contributed by atoms with van der Waals surface area (Å²) in [6, 6.07) is 10.5. The Bertz CT molecular complexity index is 1090. The number of hydrogen-bond donors (Lipinski definition) is 1. The van der Waals surface area contributed by atoms with Crippen molar-refractivity contribution in [3.63, 3.8) is 0 Å². The summed E-state index contributed by atoms with van der Waals surface area (Å²) in [5.74, 6) is -0.702. The summed E-state index contributed by atoms with van der Waals surface area (Å²) in [5, 5.41) is 14.8. The lowest BCUT2D eigenvalue weighted by Crippen LogP contribution is -2.39. The summed E-state index contributed by atoms with van der Waals surface area (Å²) in [4.78, 5) is 24.4. The Balaban J connectivity index is 2.12. The van der Waals surface area contributed by atoms with Gasteiger partial charge < -0.3 is 4.90 Å². The van der Waals surface area contributed by atoms with Crippen molar-refractivity contribution in [2.75, 3.05) is 36.1 Å². The number of anilines is 2. The Kier molecular flexibility index (Phi) is 7.51. The molecule has 0 bridgehead atoms. The second kappa shape index (κ2) is 9.67. The third kappa shape index (κ3) is 6.26. The zero-order valence-electron chi connectivity index (χ0n) is 16.4. The second-order valence-electron chi connectivity index (χ2n) is 6.45. The lowest BCUT2D eigenvalue weighted by atomic mass is 10.2. The number of carbonyl (C=O) groups is 1. The van der Waals surface area contributed by atoms with Crippen molar-refractivity contribution in [1.29, 1.82) is 0 Å². The molecule has 2 aromatic rings. The van der Waals surface area contributed by atoms with E-state index in [0.717, 1.165) is 26.8 Å². The number of hydrogen-bond acceptors (Lipinski definition) is 7. The van der Waals surface area contributed by atoms with Crippen molar-refractivity contribution in [2.24, 2.45) is 5.10 Å². The van der Waals surface area contributed by atoms with Gasteiger partial charge in [-0.05, 0) is 39.7 Å². The Hall–Kier alpha value is -2.99. The zero-order valence-corrected chi connectivity index (χ0v) is 18.8. The lowest BCUT2D eigenvalue weighted by Gasteiger charge is -2.21. The molecule has 2 aromatic carbocycles. The van der Waals surface area contributed by atoms with Gasteiger partial charge in [0.2, 0.25) is 10.0 Å². The molecule has 0 atom stereocenters. The Morgan fingerprint density at radius 2 is 1.97 bits per heavy atom. The summed E-state index contributed by atoms with van der Waals surface area (Å²) in [6.45, 7) is -0.583. The average Bonchev–Trinajstić information content (AvgIpc) is 2.65. The van der Waals surface area contributed by atoms with Crippen LogP contribution >= 0.6 is 15.9 Å². The highest BCUT2D eigenvalue weighted by Gasteiger charge is 2.22. The number of carbonyl (C=O) groups excluding carboxylic acids is 1. The van der Waals surface area contributed by atoms with Crippen molar-refractivity contribution in [3.05, 3.63) is 62.6 Å². The molecule has 10 nitrogen and oxygen atoms in total. The lowest BCUT2D eigenvalue weighted by molar-refractivity contribution is -0.384. The summed E-state index contributed by atoms with van der Waals surface area (Å²) in [7, 11) is -0.0526. The molecule has 2 rings (SSSR count). The van der Waals surface area contributed by atoms with Crippen LogP contribution in [0.3, 0.4) is 0 Å². The maximum absolute atomic E-state index is 12.2. The van der Waals surface area contributed by atoms with Gasteiger partial charge in [-0.25, -0.2) is 13.8 Å². The molecule has 160 valence electrons. The maximum Gasteiger partial charge on any atom is 0.271 e. The van der Waals surface area contributed by atoms with Gasteiger partial charge in [-0.1, -0.05) is 12.1 Å². The highest BCUT2D eigenvalue weighted by atomic mass is 79.9. The number of nitrogens with one attached hydrogen (secondary N) is 1. The number of nitro groups is 1. The minimum Gasteiger partial charge on any atom is -0.377 e. The zero-order chi connectivity index (χ0) is 22.5. The van der Waals surface area contributed by atoms with Gasteiger partial charge in [-0.3, -0.25) is 19.2 Å². The fourth-order valence-corrected chi connectivity index (χ4v) is 4.07. The van der Waals surface area contributed by atoms with Crippen molar-refractivity contribution in [1.82, 2.24) is 5.43 Å². The first-order valence-electron chi connectivity index (χ1n) is 8.50. The van der Waals surface area contributed by atoms with Crippen LogP contribution < -0.4 is 14.6 Å². The van der Waals surface area contributed by atoms with Crippen LogP contribution in [0.2, 0.25) is 0 Å². The Morgan fingerprint density at radius 1 is 1.27 bits per heavy atom. The molecule has 30 heavy (non-hydrogen) atoms. The molecule has 1 N–H and O–H groups in total. The van der Waals surface area contributed by atoms with Crippen molar-refractivity contribution < 1.29 is 18.1 Å². The maximum atomic E-state index is 12.2. The summed E-state index contributed by atoms with van der Waals surface area (Å²) in [5.41, 5.74) is 3.67. The van der Waals surface area contributed by atoms with Crippen LogP contribution in [0.5, 0.6) is 0 Å². The van der Waals surface area contributed by atoms with E-state index >= 15 is 0 Å². The Labute approximate surface area is 182 Å². The van der Waals surface area contributed by atoms with E-state index in [2.05, 4.69) is 26.5 Å². The quantitative estimate of drug-likeness (QED) is 0.338. The van der Waals surface area contributed by atoms with Crippen molar-refractivity contribution in [3.8, 4) is 0 Å². The van der Waals surface area contributed by atoms with Crippen molar-refractivity contribution >= 4 is 55.1 Å². The van der Waals surface area contributed by atoms with E-state index < -0.39 is 27.4 Å². The molecule has 0 aliphatic carbocycles. The van der Waals surface area contributed by atoms with Gasteiger partial charge in [0, 0.05) is 30.7 Å². The van der Waals surface area contributed by atoms with Gasteiger partial charge in [0.15, 0.2) is 0 Å². The van der Waals surface area contributed by atoms with Crippen LogP contribution in [0.15, 0.2) is 52.0 Å². The van der Waals surface area contributed by atoms with Crippen LogP contribution in [-0.4, -0.2) is 52.4 Å². The molecule has 0 aromatic heterocycles. The first-order valence-corrected chi connectivity index (χ1v) is 11.1. The van der Waals surface area contributed by atoms with Crippen LogP contribution in [0.1, 0.15) is 5.56 Å². The van der Waals surface area contributed by atoms with Crippen LogP contribution in [-0.2, 0) is 14.8 Å². The molecule has 0 spiro atoms. The fourth-order valence-electron chi connectivity index (χ4n) is 2.47. The summed E-state index contributed by atoms with van der Waals surface area (Å²) in [6.07, 6.45) is 2.33. The number of nitrogens with zero attached hydrogens (tertiary/aromatic N) is 4. The van der Waals surface area contributed by atoms with E-state index in [0.29, 0.717) is 5.56 Å². The molecule has 0 fully saturated rings. The molecular weight excluding hydrogens is 478 g/mol. The van der Waals surface area contributed by atoms with Gasteiger partial charge in [0.25, 0.3) is 11.6 Å². The van der Waals surface area contributed by atoms with Gasteiger partial charge >= 0.3 is 0 Å². The number of sulfonamides is 1. The molecule has 1 amide bonds. The van der Waals surface area contributed by atoms with Gasteiger partial charge in [-0.15, -0.1) is 0 Å². The minimum atomic E-state index is -3.86. The number of rotatable bonds is 8. The van der Waals surface area contributed by atoms with E-state index in [9.17, 15) is 23.3 Å². The number of non-ortho nitro benzene ring substituents is 1. The highest BCUT2D eigenvalue weighted by Crippen LogP contribution is 2.25. The third-order valence-electron chi connectivity index (χ3n) is 3.87. The number of halogens is 1. The molecule has 0 aliphatic rings. The number of hydrazone groups is 1. The van der Waals surface area contributed by atoms with E-state index in [1.807, 2.05) is 37.2 Å². The largest absolute Gasteiger partial charge is 0.377 e. The molecular formula is C18H20BrN5O5S. The predicted octanol–water partition coefficient (Wildman–Crippen LogP) is 2.34. The highest BCUT2D eigenvalue weighted by molar-refractivity contribution is 9.10. The molecule has 0 radical (unpaired) electrons. The molecule has 0 saturated carbocycles. The summed E-state index contributed by atoms with van der Waals surface area (Å²) >= 11 is 3.45. The standard InChI is InChI=1S/C18H20BrN5O5S/c1-22(2)17-8-7-13(9-16(17)19)11-20-21-18(25)12-23(30(3,28)29)14-5-4-6-15(10-14)24(26)27/h4-11H,12H2,1-3H3,(H,21,25)/b20-11-. The minimum absolute atomic E-state index is 0.00837. The normalized spacial score (nSPS) is 11.3. The van der Waals surface area contributed by atoms with Crippen LogP contribution in [0.25, 0.3) is 0 Å². The first kappa shape index (κ1) is 23.3. The van der Waals surface area contributed by atoms with Crippen LogP contribution in [0, 0.1) is 10.1 Å². The summed E-state index contributed by atoms with van der Waals surface area (Å²) < 4.78 is 25.8. The van der Waals surface area contributed by atoms with Crippen LogP contribution in [0.4, 0.5) is 17.1 Å². The first-order chi connectivity index (χ1) is 14.0. The van der Waals surface area contributed by atoms with E-state index in [4.69, 9.17) is 0 Å². The topological polar surface area (TPSA) is 125 Å². The van der Waals surface area contributed by atoms with Gasteiger partial charge in [0.1, 0.15) is 6.54 Å². The monoisotopic (exact) mass is 497 g/mol. The number of nitro benzene ring substituents is 1.